The number of fused-ring (bicyclic) bond motifs is 1. The highest BCUT2D eigenvalue weighted by molar-refractivity contribution is 7.99. The van der Waals surface area contributed by atoms with Crippen molar-refractivity contribution in [3.63, 3.8) is 0 Å². The minimum absolute atomic E-state index is 0.269. The SMILES string of the molecule is O=C(O)c1cccc2c1OCCN2C1CCCSC1. The summed E-state index contributed by atoms with van der Waals surface area (Å²) < 4.78 is 5.61. The minimum atomic E-state index is -0.920. The molecule has 0 amide bonds. The number of thioether (sulfide) groups is 1. The van der Waals surface area contributed by atoms with Crippen molar-refractivity contribution < 1.29 is 14.6 Å². The average molecular weight is 279 g/mol. The summed E-state index contributed by atoms with van der Waals surface area (Å²) in [5, 5.41) is 9.23. The third-order valence-electron chi connectivity index (χ3n) is 3.69. The van der Waals surface area contributed by atoms with Gasteiger partial charge < -0.3 is 14.7 Å². The number of hydrogen-bond acceptors (Lipinski definition) is 4. The summed E-state index contributed by atoms with van der Waals surface area (Å²) in [6, 6.07) is 5.89. The number of para-hydroxylation sites is 1. The normalized spacial score (nSPS) is 22.5. The number of ether oxygens (including phenoxy) is 1. The summed E-state index contributed by atoms with van der Waals surface area (Å²) in [6.07, 6.45) is 2.42. The maximum absolute atomic E-state index is 11.3. The quantitative estimate of drug-likeness (QED) is 0.901. The van der Waals surface area contributed by atoms with E-state index < -0.39 is 5.97 Å². The number of carboxylic acids is 1. The molecule has 1 fully saturated rings. The molecule has 0 bridgehead atoms. The molecule has 1 unspecified atom stereocenters. The predicted molar refractivity (Wildman–Crippen MR) is 76.6 cm³/mol. The molecule has 2 heterocycles. The molecule has 1 aromatic carbocycles. The van der Waals surface area contributed by atoms with E-state index in [1.807, 2.05) is 17.8 Å². The van der Waals surface area contributed by atoms with E-state index in [0.717, 1.165) is 18.0 Å². The number of carbonyl (C=O) groups is 1. The lowest BCUT2D eigenvalue weighted by Crippen LogP contribution is -2.44. The van der Waals surface area contributed by atoms with Crippen LogP contribution < -0.4 is 9.64 Å². The standard InChI is InChI=1S/C14H17NO3S/c16-14(17)11-4-1-5-12-13(11)18-7-6-15(12)10-3-2-8-19-9-10/h1,4-5,10H,2-3,6-9H2,(H,16,17). The largest absolute Gasteiger partial charge is 0.489 e. The molecule has 2 aliphatic rings. The maximum Gasteiger partial charge on any atom is 0.339 e. The van der Waals surface area contributed by atoms with Crippen LogP contribution in [0.4, 0.5) is 5.69 Å². The van der Waals surface area contributed by atoms with Crippen molar-refractivity contribution in [1.82, 2.24) is 0 Å². The number of aromatic carboxylic acids is 1. The van der Waals surface area contributed by atoms with Gasteiger partial charge in [0.25, 0.3) is 0 Å². The fourth-order valence-corrected chi connectivity index (χ4v) is 3.94. The van der Waals surface area contributed by atoms with E-state index in [4.69, 9.17) is 4.74 Å². The summed E-state index contributed by atoms with van der Waals surface area (Å²) in [7, 11) is 0. The Balaban J connectivity index is 1.95. The molecule has 19 heavy (non-hydrogen) atoms. The molecule has 0 saturated carbocycles. The summed E-state index contributed by atoms with van der Waals surface area (Å²) in [6.45, 7) is 1.42. The lowest BCUT2D eigenvalue weighted by Gasteiger charge is -2.39. The van der Waals surface area contributed by atoms with Crippen molar-refractivity contribution >= 4 is 23.4 Å². The highest BCUT2D eigenvalue weighted by atomic mass is 32.2. The highest BCUT2D eigenvalue weighted by Crippen LogP contribution is 2.38. The van der Waals surface area contributed by atoms with E-state index in [1.54, 1.807) is 12.1 Å². The van der Waals surface area contributed by atoms with Crippen molar-refractivity contribution in [2.45, 2.75) is 18.9 Å². The smallest absolute Gasteiger partial charge is 0.339 e. The van der Waals surface area contributed by atoms with Gasteiger partial charge in [-0.2, -0.15) is 11.8 Å². The number of rotatable bonds is 2. The summed E-state index contributed by atoms with van der Waals surface area (Å²) in [4.78, 5) is 13.6. The van der Waals surface area contributed by atoms with E-state index >= 15 is 0 Å². The molecule has 1 saturated heterocycles. The summed E-state index contributed by atoms with van der Waals surface area (Å²) in [5.41, 5.74) is 1.21. The lowest BCUT2D eigenvalue weighted by molar-refractivity contribution is 0.0692. The van der Waals surface area contributed by atoms with Crippen LogP contribution in [-0.2, 0) is 0 Å². The first kappa shape index (κ1) is 12.7. The zero-order valence-electron chi connectivity index (χ0n) is 10.7. The van der Waals surface area contributed by atoms with Crippen molar-refractivity contribution in [3.8, 4) is 5.75 Å². The molecule has 102 valence electrons. The summed E-state index contributed by atoms with van der Waals surface area (Å²) in [5.74, 6) is 1.98. The van der Waals surface area contributed by atoms with Crippen LogP contribution in [0.1, 0.15) is 23.2 Å². The zero-order valence-corrected chi connectivity index (χ0v) is 11.5. The topological polar surface area (TPSA) is 49.8 Å². The fraction of sp³-hybridized carbons (Fsp3) is 0.500. The third kappa shape index (κ3) is 2.39. The van der Waals surface area contributed by atoms with Gasteiger partial charge in [-0.25, -0.2) is 4.79 Å². The minimum Gasteiger partial charge on any atom is -0.489 e. The second kappa shape index (κ2) is 5.33. The Kier molecular flexibility index (Phi) is 3.55. The molecule has 1 aromatic rings. The van der Waals surface area contributed by atoms with Crippen molar-refractivity contribution in [2.24, 2.45) is 0 Å². The monoisotopic (exact) mass is 279 g/mol. The number of hydrogen-bond donors (Lipinski definition) is 1. The Hall–Kier alpha value is -1.36. The van der Waals surface area contributed by atoms with Gasteiger partial charge in [-0.3, -0.25) is 0 Å². The van der Waals surface area contributed by atoms with Gasteiger partial charge in [0.05, 0.1) is 12.2 Å². The molecule has 5 heteroatoms. The molecule has 0 spiro atoms. The third-order valence-corrected chi connectivity index (χ3v) is 4.89. The van der Waals surface area contributed by atoms with Crippen LogP contribution in [0, 0.1) is 0 Å². The molecule has 0 aliphatic carbocycles. The van der Waals surface area contributed by atoms with Gasteiger partial charge in [0, 0.05) is 11.8 Å². The molecular weight excluding hydrogens is 262 g/mol. The number of carboxylic acid groups (broad SMARTS) is 1. The van der Waals surface area contributed by atoms with E-state index in [1.165, 1.54) is 18.6 Å². The van der Waals surface area contributed by atoms with E-state index in [-0.39, 0.29) is 5.56 Å². The van der Waals surface area contributed by atoms with Gasteiger partial charge in [0.15, 0.2) is 5.75 Å². The van der Waals surface area contributed by atoms with Crippen LogP contribution in [0.25, 0.3) is 0 Å². The van der Waals surface area contributed by atoms with E-state index in [2.05, 4.69) is 4.90 Å². The first-order valence-electron chi connectivity index (χ1n) is 6.61. The molecule has 0 aromatic heterocycles. The van der Waals surface area contributed by atoms with Gasteiger partial charge in [-0.05, 0) is 30.7 Å². The maximum atomic E-state index is 11.3. The van der Waals surface area contributed by atoms with Crippen LogP contribution >= 0.6 is 11.8 Å². The lowest BCUT2D eigenvalue weighted by atomic mass is 10.1. The zero-order chi connectivity index (χ0) is 13.2. The Bertz CT molecular complexity index is 486. The van der Waals surface area contributed by atoms with Crippen molar-refractivity contribution in [2.75, 3.05) is 29.6 Å². The number of anilines is 1. The fourth-order valence-electron chi connectivity index (χ4n) is 2.79. The van der Waals surface area contributed by atoms with Crippen LogP contribution in [-0.4, -0.2) is 41.8 Å². The van der Waals surface area contributed by atoms with Gasteiger partial charge in [0.2, 0.25) is 0 Å². The molecule has 0 radical (unpaired) electrons. The Morgan fingerprint density at radius 2 is 2.37 bits per heavy atom. The second-order valence-corrected chi connectivity index (χ2v) is 6.02. The Morgan fingerprint density at radius 3 is 3.11 bits per heavy atom. The molecular formula is C14H17NO3S. The van der Waals surface area contributed by atoms with Gasteiger partial charge in [-0.15, -0.1) is 0 Å². The second-order valence-electron chi connectivity index (χ2n) is 4.87. The highest BCUT2D eigenvalue weighted by Gasteiger charge is 2.29. The van der Waals surface area contributed by atoms with Crippen LogP contribution in [0.3, 0.4) is 0 Å². The van der Waals surface area contributed by atoms with E-state index in [0.29, 0.717) is 18.4 Å². The Morgan fingerprint density at radius 1 is 1.47 bits per heavy atom. The van der Waals surface area contributed by atoms with Crippen LogP contribution in [0.2, 0.25) is 0 Å². The van der Waals surface area contributed by atoms with Crippen LogP contribution in [0.15, 0.2) is 18.2 Å². The average Bonchev–Trinajstić information content (AvgIpc) is 2.46. The number of benzene rings is 1. The first-order chi connectivity index (χ1) is 9.27. The molecule has 3 rings (SSSR count). The first-order valence-corrected chi connectivity index (χ1v) is 7.76. The van der Waals surface area contributed by atoms with Crippen molar-refractivity contribution in [1.29, 1.82) is 0 Å². The molecule has 4 nitrogen and oxygen atoms in total. The summed E-state index contributed by atoms with van der Waals surface area (Å²) >= 11 is 1.98. The Labute approximate surface area is 116 Å². The molecule has 2 aliphatic heterocycles. The predicted octanol–water partition coefficient (Wildman–Crippen LogP) is 2.48. The van der Waals surface area contributed by atoms with Crippen LogP contribution in [0.5, 0.6) is 5.75 Å². The molecule has 1 atom stereocenters. The number of nitrogens with zero attached hydrogens (tertiary/aromatic N) is 1. The van der Waals surface area contributed by atoms with Gasteiger partial charge >= 0.3 is 5.97 Å². The van der Waals surface area contributed by atoms with Gasteiger partial charge in [-0.1, -0.05) is 6.07 Å². The molecule has 1 N–H and O–H groups in total. The van der Waals surface area contributed by atoms with Gasteiger partial charge in [0.1, 0.15) is 12.2 Å². The van der Waals surface area contributed by atoms with E-state index in [9.17, 15) is 9.90 Å². The van der Waals surface area contributed by atoms with Crippen molar-refractivity contribution in [3.05, 3.63) is 23.8 Å².